The number of nitriles is 1. The summed E-state index contributed by atoms with van der Waals surface area (Å²) in [5, 5.41) is 14.0. The molecule has 2 aromatic heterocycles. The summed E-state index contributed by atoms with van der Waals surface area (Å²) in [6, 6.07) is 5.58. The summed E-state index contributed by atoms with van der Waals surface area (Å²) in [5.74, 6) is 1.15. The topological polar surface area (TPSA) is 89.4 Å². The molecule has 80 valence electrons. The highest BCUT2D eigenvalue weighted by Gasteiger charge is 1.98. The number of rotatable bonds is 4. The highest BCUT2D eigenvalue weighted by Crippen LogP contribution is 2.09. The minimum absolute atomic E-state index is 0.478. The minimum atomic E-state index is 0.478. The van der Waals surface area contributed by atoms with E-state index in [0.29, 0.717) is 18.2 Å². The molecule has 3 N–H and O–H groups in total. The van der Waals surface area contributed by atoms with Crippen molar-refractivity contribution in [1.82, 2.24) is 15.0 Å². The first-order chi connectivity index (χ1) is 7.88. The average Bonchev–Trinajstić information content (AvgIpc) is 2.80. The summed E-state index contributed by atoms with van der Waals surface area (Å²) in [7, 11) is 0. The van der Waals surface area contributed by atoms with Gasteiger partial charge in [0, 0.05) is 18.0 Å². The summed E-state index contributed by atoms with van der Waals surface area (Å²) >= 11 is 0. The molecular weight excluding hydrogens is 204 g/mol. The fraction of sp³-hybridized carbons (Fsp3) is 0.100. The van der Waals surface area contributed by atoms with Crippen LogP contribution in [0.4, 0.5) is 11.6 Å². The van der Waals surface area contributed by atoms with Crippen molar-refractivity contribution < 1.29 is 0 Å². The third-order valence-corrected chi connectivity index (χ3v) is 1.97. The van der Waals surface area contributed by atoms with Crippen molar-refractivity contribution in [2.24, 2.45) is 0 Å². The molecule has 6 heteroatoms. The second kappa shape index (κ2) is 4.79. The van der Waals surface area contributed by atoms with E-state index in [4.69, 9.17) is 5.26 Å². The fourth-order valence-electron chi connectivity index (χ4n) is 1.24. The van der Waals surface area contributed by atoms with Crippen LogP contribution in [0.3, 0.4) is 0 Å². The minimum Gasteiger partial charge on any atom is -0.364 e. The van der Waals surface area contributed by atoms with Gasteiger partial charge in [-0.2, -0.15) is 5.26 Å². The van der Waals surface area contributed by atoms with Crippen LogP contribution in [-0.4, -0.2) is 15.0 Å². The molecule has 0 spiro atoms. The molecule has 0 aromatic carbocycles. The lowest BCUT2D eigenvalue weighted by Crippen LogP contribution is -2.03. The number of nitrogens with zero attached hydrogens (tertiary/aromatic N) is 3. The van der Waals surface area contributed by atoms with E-state index in [2.05, 4.69) is 25.6 Å². The van der Waals surface area contributed by atoms with Crippen molar-refractivity contribution >= 4 is 11.6 Å². The maximum atomic E-state index is 8.44. The van der Waals surface area contributed by atoms with E-state index < -0.39 is 0 Å². The summed E-state index contributed by atoms with van der Waals surface area (Å²) in [5.41, 5.74) is 1.06. The second-order valence-electron chi connectivity index (χ2n) is 3.07. The van der Waals surface area contributed by atoms with Gasteiger partial charge in [0.15, 0.2) is 6.19 Å². The first kappa shape index (κ1) is 9.98. The molecule has 0 aliphatic rings. The number of H-pyrrole nitrogens is 1. The van der Waals surface area contributed by atoms with E-state index in [-0.39, 0.29) is 0 Å². The molecule has 0 amide bonds. The van der Waals surface area contributed by atoms with E-state index in [1.807, 2.05) is 18.3 Å². The predicted octanol–water partition coefficient (Wildman–Crippen LogP) is 1.31. The zero-order chi connectivity index (χ0) is 11.2. The molecule has 0 fully saturated rings. The van der Waals surface area contributed by atoms with Gasteiger partial charge in [-0.15, -0.1) is 0 Å². The molecule has 0 atom stereocenters. The van der Waals surface area contributed by atoms with Crippen LogP contribution in [0.5, 0.6) is 0 Å². The van der Waals surface area contributed by atoms with Gasteiger partial charge in [-0.1, -0.05) is 0 Å². The van der Waals surface area contributed by atoms with Gasteiger partial charge >= 0.3 is 0 Å². The van der Waals surface area contributed by atoms with E-state index in [9.17, 15) is 0 Å². The number of nitrogens with one attached hydrogen (secondary N) is 3. The molecule has 0 saturated heterocycles. The molecule has 0 saturated carbocycles. The van der Waals surface area contributed by atoms with Crippen molar-refractivity contribution in [3.63, 3.8) is 0 Å². The van der Waals surface area contributed by atoms with Gasteiger partial charge in [-0.05, 0) is 12.1 Å². The third kappa shape index (κ3) is 2.48. The van der Waals surface area contributed by atoms with Gasteiger partial charge in [0.05, 0.1) is 6.54 Å². The van der Waals surface area contributed by atoms with Gasteiger partial charge < -0.3 is 10.3 Å². The van der Waals surface area contributed by atoms with Gasteiger partial charge in [0.25, 0.3) is 0 Å². The summed E-state index contributed by atoms with van der Waals surface area (Å²) in [6.07, 6.45) is 5.07. The highest BCUT2D eigenvalue weighted by atomic mass is 15.1. The van der Waals surface area contributed by atoms with Crippen LogP contribution >= 0.6 is 0 Å². The van der Waals surface area contributed by atoms with Crippen molar-refractivity contribution in [1.29, 1.82) is 5.26 Å². The lowest BCUT2D eigenvalue weighted by atomic mass is 10.4. The lowest BCUT2D eigenvalue weighted by molar-refractivity contribution is 1.04. The van der Waals surface area contributed by atoms with Crippen LogP contribution in [0.15, 0.2) is 30.7 Å². The molecule has 2 rings (SSSR count). The van der Waals surface area contributed by atoms with Crippen LogP contribution in [0.25, 0.3) is 0 Å². The lowest BCUT2D eigenvalue weighted by Gasteiger charge is -2.04. The van der Waals surface area contributed by atoms with Crippen molar-refractivity contribution in [3.8, 4) is 6.19 Å². The van der Waals surface area contributed by atoms with Crippen LogP contribution in [-0.2, 0) is 6.54 Å². The van der Waals surface area contributed by atoms with Crippen LogP contribution in [0.2, 0.25) is 0 Å². The number of aromatic amines is 1. The predicted molar refractivity (Wildman–Crippen MR) is 59.4 cm³/mol. The first-order valence-electron chi connectivity index (χ1n) is 4.72. The molecular formula is C10H10N6. The van der Waals surface area contributed by atoms with Crippen LogP contribution in [0.1, 0.15) is 5.69 Å². The Hall–Kier alpha value is -2.55. The Labute approximate surface area is 92.4 Å². The maximum Gasteiger partial charge on any atom is 0.182 e. The van der Waals surface area contributed by atoms with E-state index >= 15 is 0 Å². The van der Waals surface area contributed by atoms with Crippen LogP contribution in [0, 0.1) is 11.5 Å². The Bertz CT molecular complexity index is 484. The SMILES string of the molecule is N#CNc1cc(NCc2ccc[nH]2)ncn1. The van der Waals surface area contributed by atoms with Crippen molar-refractivity contribution in [3.05, 3.63) is 36.4 Å². The number of hydrogen-bond acceptors (Lipinski definition) is 5. The summed E-state index contributed by atoms with van der Waals surface area (Å²) in [4.78, 5) is 11.0. The Kier molecular flexibility index (Phi) is 2.99. The monoisotopic (exact) mass is 214 g/mol. The zero-order valence-corrected chi connectivity index (χ0v) is 8.44. The largest absolute Gasteiger partial charge is 0.364 e. The Balaban J connectivity index is 1.99. The molecule has 0 unspecified atom stereocenters. The molecule has 2 aromatic rings. The van der Waals surface area contributed by atoms with Gasteiger partial charge in [-0.25, -0.2) is 9.97 Å². The molecule has 0 bridgehead atoms. The van der Waals surface area contributed by atoms with E-state index in [0.717, 1.165) is 5.69 Å². The van der Waals surface area contributed by atoms with Gasteiger partial charge in [-0.3, -0.25) is 5.32 Å². The quantitative estimate of drug-likeness (QED) is 0.527. The van der Waals surface area contributed by atoms with Crippen LogP contribution < -0.4 is 10.6 Å². The number of anilines is 2. The normalized spacial score (nSPS) is 9.44. The second-order valence-corrected chi connectivity index (χ2v) is 3.07. The zero-order valence-electron chi connectivity index (χ0n) is 8.44. The molecule has 0 radical (unpaired) electrons. The average molecular weight is 214 g/mol. The molecule has 6 nitrogen and oxygen atoms in total. The molecule has 16 heavy (non-hydrogen) atoms. The standard InChI is InChI=1S/C10H10N6/c11-6-14-10-4-9(15-7-16-10)13-5-8-2-1-3-12-8/h1-4,7,12H,5H2,(H2,13,14,15,16). The van der Waals surface area contributed by atoms with E-state index in [1.54, 1.807) is 12.3 Å². The summed E-state index contributed by atoms with van der Waals surface area (Å²) in [6.45, 7) is 0.649. The summed E-state index contributed by atoms with van der Waals surface area (Å²) < 4.78 is 0. The first-order valence-corrected chi connectivity index (χ1v) is 4.72. The Morgan fingerprint density at radius 3 is 3.00 bits per heavy atom. The van der Waals surface area contributed by atoms with Crippen molar-refractivity contribution in [2.45, 2.75) is 6.54 Å². The number of hydrogen-bond donors (Lipinski definition) is 3. The van der Waals surface area contributed by atoms with Crippen molar-refractivity contribution in [2.75, 3.05) is 10.6 Å². The maximum absolute atomic E-state index is 8.44. The van der Waals surface area contributed by atoms with E-state index in [1.165, 1.54) is 6.33 Å². The third-order valence-electron chi connectivity index (χ3n) is 1.97. The highest BCUT2D eigenvalue weighted by molar-refractivity contribution is 5.48. The fourth-order valence-corrected chi connectivity index (χ4v) is 1.24. The molecule has 0 aliphatic carbocycles. The van der Waals surface area contributed by atoms with Gasteiger partial charge in [0.1, 0.15) is 18.0 Å². The smallest absolute Gasteiger partial charge is 0.182 e. The van der Waals surface area contributed by atoms with Gasteiger partial charge in [0.2, 0.25) is 0 Å². The number of aromatic nitrogens is 3. The molecule has 0 aliphatic heterocycles. The molecule has 2 heterocycles. The Morgan fingerprint density at radius 2 is 2.25 bits per heavy atom. The Morgan fingerprint density at radius 1 is 1.38 bits per heavy atom.